The molecule has 8 nitrogen and oxygen atoms in total. The number of rotatable bonds is 7. The molecular formula is C15H19N5O3S2. The van der Waals surface area contributed by atoms with Crippen molar-refractivity contribution in [2.75, 3.05) is 6.54 Å². The van der Waals surface area contributed by atoms with Crippen molar-refractivity contribution in [2.45, 2.75) is 38.2 Å². The third-order valence-electron chi connectivity index (χ3n) is 3.33. The Morgan fingerprint density at radius 2 is 1.96 bits per heavy atom. The van der Waals surface area contributed by atoms with Crippen LogP contribution in [0.2, 0.25) is 0 Å². The van der Waals surface area contributed by atoms with E-state index in [9.17, 15) is 8.42 Å². The first kappa shape index (κ1) is 17.8. The van der Waals surface area contributed by atoms with Crippen molar-refractivity contribution in [3.63, 3.8) is 0 Å². The molecule has 0 saturated heterocycles. The van der Waals surface area contributed by atoms with Crippen LogP contribution in [0, 0.1) is 6.92 Å². The molecule has 0 aliphatic heterocycles. The molecule has 0 spiro atoms. The van der Waals surface area contributed by atoms with Crippen molar-refractivity contribution >= 4 is 26.3 Å². The number of hydrogen-bond acceptors (Lipinski definition) is 7. The topological polar surface area (TPSA) is 98.5 Å². The lowest BCUT2D eigenvalue weighted by atomic mass is 10.3. The fourth-order valence-electron chi connectivity index (χ4n) is 2.20. The molecule has 0 aliphatic carbocycles. The number of hydrogen-bond donors (Lipinski definition) is 1. The third kappa shape index (κ3) is 4.14. The molecule has 0 unspecified atom stereocenters. The summed E-state index contributed by atoms with van der Waals surface area (Å²) in [6, 6.07) is 6.37. The molecule has 0 aliphatic rings. The zero-order valence-corrected chi connectivity index (χ0v) is 15.8. The van der Waals surface area contributed by atoms with Crippen LogP contribution in [0.4, 0.5) is 0 Å². The Labute approximate surface area is 149 Å². The molecular weight excluding hydrogens is 362 g/mol. The lowest BCUT2D eigenvalue weighted by molar-refractivity contribution is 0.242. The van der Waals surface area contributed by atoms with Crippen molar-refractivity contribution in [1.29, 1.82) is 0 Å². The lowest BCUT2D eigenvalue weighted by Gasteiger charge is -2.10. The van der Waals surface area contributed by atoms with Crippen LogP contribution in [-0.4, -0.2) is 40.9 Å². The standard InChI is InChI=1S/C15H19N5O3S2/c1-10(2)23-12-4-6-13(7-5-12)25(21,22)16-9-8-14-19-20-11(3)17-18-15(20)24-14/h4-7,10,16H,8-9H2,1-3H3. The monoisotopic (exact) mass is 381 g/mol. The number of sulfonamides is 1. The van der Waals surface area contributed by atoms with Crippen molar-refractivity contribution < 1.29 is 13.2 Å². The van der Waals surface area contributed by atoms with E-state index < -0.39 is 10.0 Å². The maximum Gasteiger partial charge on any atom is 0.240 e. The number of fused-ring (bicyclic) bond motifs is 1. The third-order valence-corrected chi connectivity index (χ3v) is 5.76. The Morgan fingerprint density at radius 1 is 1.24 bits per heavy atom. The summed E-state index contributed by atoms with van der Waals surface area (Å²) >= 11 is 1.40. The van der Waals surface area contributed by atoms with Gasteiger partial charge in [-0.25, -0.2) is 13.1 Å². The molecule has 134 valence electrons. The van der Waals surface area contributed by atoms with E-state index in [4.69, 9.17) is 4.74 Å². The summed E-state index contributed by atoms with van der Waals surface area (Å²) in [5, 5.41) is 13.1. The molecule has 3 aromatic rings. The second-order valence-electron chi connectivity index (χ2n) is 5.72. The van der Waals surface area contributed by atoms with E-state index in [1.807, 2.05) is 20.8 Å². The highest BCUT2D eigenvalue weighted by molar-refractivity contribution is 7.89. The number of nitrogens with zero attached hydrogens (tertiary/aromatic N) is 4. The van der Waals surface area contributed by atoms with Crippen molar-refractivity contribution in [1.82, 2.24) is 24.5 Å². The van der Waals surface area contributed by atoms with Gasteiger partial charge < -0.3 is 4.74 Å². The van der Waals surface area contributed by atoms with Gasteiger partial charge >= 0.3 is 0 Å². The van der Waals surface area contributed by atoms with Crippen LogP contribution in [0.1, 0.15) is 24.7 Å². The van der Waals surface area contributed by atoms with Gasteiger partial charge in [-0.3, -0.25) is 0 Å². The minimum atomic E-state index is -3.56. The van der Waals surface area contributed by atoms with Crippen LogP contribution in [0.3, 0.4) is 0 Å². The predicted molar refractivity (Wildman–Crippen MR) is 94.5 cm³/mol. The Morgan fingerprint density at radius 3 is 2.60 bits per heavy atom. The molecule has 0 fully saturated rings. The number of aromatic nitrogens is 4. The summed E-state index contributed by atoms with van der Waals surface area (Å²) in [4.78, 5) is 0.911. The molecule has 1 N–H and O–H groups in total. The van der Waals surface area contributed by atoms with E-state index in [2.05, 4.69) is 20.0 Å². The second-order valence-corrected chi connectivity index (χ2v) is 8.53. The van der Waals surface area contributed by atoms with Crippen LogP contribution in [0.15, 0.2) is 29.2 Å². The average Bonchev–Trinajstić information content (AvgIpc) is 3.09. The molecule has 0 saturated carbocycles. The molecule has 0 amide bonds. The highest BCUT2D eigenvalue weighted by Gasteiger charge is 2.15. The maximum atomic E-state index is 12.3. The normalized spacial score (nSPS) is 12.2. The molecule has 0 atom stereocenters. The summed E-state index contributed by atoms with van der Waals surface area (Å²) < 4.78 is 34.4. The highest BCUT2D eigenvalue weighted by Crippen LogP contribution is 2.17. The van der Waals surface area contributed by atoms with Crippen molar-refractivity contribution in [3.05, 3.63) is 35.1 Å². The van der Waals surface area contributed by atoms with Crippen molar-refractivity contribution in [2.24, 2.45) is 0 Å². The van der Waals surface area contributed by atoms with E-state index in [0.717, 1.165) is 5.01 Å². The van der Waals surface area contributed by atoms with Crippen LogP contribution in [0.25, 0.3) is 4.96 Å². The Hall–Kier alpha value is -2.04. The lowest BCUT2D eigenvalue weighted by Crippen LogP contribution is -2.26. The van der Waals surface area contributed by atoms with Crippen LogP contribution in [0.5, 0.6) is 5.75 Å². The first-order chi connectivity index (χ1) is 11.8. The average molecular weight is 381 g/mol. The molecule has 3 rings (SSSR count). The minimum absolute atomic E-state index is 0.0405. The summed E-state index contributed by atoms with van der Waals surface area (Å²) in [6.45, 7) is 5.91. The van der Waals surface area contributed by atoms with Gasteiger partial charge in [0.2, 0.25) is 15.0 Å². The SMILES string of the molecule is Cc1nnc2sc(CCNS(=O)(=O)c3ccc(OC(C)C)cc3)nn12. The molecule has 2 aromatic heterocycles. The predicted octanol–water partition coefficient (Wildman–Crippen LogP) is 1.80. The molecule has 10 heteroatoms. The zero-order valence-electron chi connectivity index (χ0n) is 14.1. The first-order valence-electron chi connectivity index (χ1n) is 7.79. The number of ether oxygens (including phenoxy) is 1. The van der Waals surface area contributed by atoms with Gasteiger partial charge in [-0.1, -0.05) is 11.3 Å². The molecule has 0 bridgehead atoms. The van der Waals surface area contributed by atoms with Gasteiger partial charge in [-0.2, -0.15) is 9.61 Å². The first-order valence-corrected chi connectivity index (χ1v) is 10.1. The van der Waals surface area contributed by atoms with Gasteiger partial charge in [0.1, 0.15) is 10.8 Å². The van der Waals surface area contributed by atoms with Gasteiger partial charge in [0.05, 0.1) is 11.0 Å². The summed E-state index contributed by atoms with van der Waals surface area (Å²) in [7, 11) is -3.56. The molecule has 0 radical (unpaired) electrons. The summed E-state index contributed by atoms with van der Waals surface area (Å²) in [5.41, 5.74) is 0. The number of aryl methyl sites for hydroxylation is 1. The minimum Gasteiger partial charge on any atom is -0.491 e. The quantitative estimate of drug-likeness (QED) is 0.670. The van der Waals surface area contributed by atoms with E-state index >= 15 is 0 Å². The van der Waals surface area contributed by atoms with Crippen LogP contribution < -0.4 is 9.46 Å². The van der Waals surface area contributed by atoms with Gasteiger partial charge in [-0.05, 0) is 45.0 Å². The second kappa shape index (κ2) is 7.06. The molecule has 1 aromatic carbocycles. The molecule has 25 heavy (non-hydrogen) atoms. The van der Waals surface area contributed by atoms with Gasteiger partial charge in [0, 0.05) is 13.0 Å². The summed E-state index contributed by atoms with van der Waals surface area (Å²) in [5.74, 6) is 1.35. The fourth-order valence-corrected chi connectivity index (χ4v) is 4.11. The van der Waals surface area contributed by atoms with Crippen LogP contribution in [-0.2, 0) is 16.4 Å². The Bertz CT molecular complexity index is 961. The van der Waals surface area contributed by atoms with Crippen LogP contribution >= 0.6 is 11.3 Å². The highest BCUT2D eigenvalue weighted by atomic mass is 32.2. The largest absolute Gasteiger partial charge is 0.491 e. The molecule has 2 heterocycles. The Kier molecular flexibility index (Phi) is 5.02. The van der Waals surface area contributed by atoms with E-state index in [1.165, 1.54) is 23.5 Å². The zero-order chi connectivity index (χ0) is 18.0. The van der Waals surface area contributed by atoms with Crippen molar-refractivity contribution in [3.8, 4) is 5.75 Å². The fraction of sp³-hybridized carbons (Fsp3) is 0.400. The Balaban J connectivity index is 1.61. The van der Waals surface area contributed by atoms with E-state index in [-0.39, 0.29) is 17.5 Å². The number of benzene rings is 1. The van der Waals surface area contributed by atoms with E-state index in [0.29, 0.717) is 23.0 Å². The van der Waals surface area contributed by atoms with E-state index in [1.54, 1.807) is 16.6 Å². The van der Waals surface area contributed by atoms with Gasteiger partial charge in [0.25, 0.3) is 0 Å². The van der Waals surface area contributed by atoms with Gasteiger partial charge in [-0.15, -0.1) is 10.2 Å². The smallest absolute Gasteiger partial charge is 0.240 e. The summed E-state index contributed by atoms with van der Waals surface area (Å²) in [6.07, 6.45) is 0.528. The maximum absolute atomic E-state index is 12.3. The van der Waals surface area contributed by atoms with Gasteiger partial charge in [0.15, 0.2) is 5.82 Å². The number of nitrogens with one attached hydrogen (secondary N) is 1.